The van der Waals surface area contributed by atoms with Crippen molar-refractivity contribution in [2.45, 2.75) is 46.5 Å². The maximum atomic E-state index is 11.6. The van der Waals surface area contributed by atoms with Crippen LogP contribution in [0.2, 0.25) is 0 Å². The molecule has 0 aromatic carbocycles. The second kappa shape index (κ2) is 2.28. The lowest BCUT2D eigenvalue weighted by atomic mass is 9.57. The van der Waals surface area contributed by atoms with Crippen molar-refractivity contribution in [2.24, 2.45) is 39.9 Å². The standard InChI is InChI=1S/C15H22O/c1-9-4-6-13(2)11(8-16)12-10-5-7-15(9,13)14(10,12)3/h8-12H,4-7H2,1-3H3/t9-,10+,11+,12+,13+,14+,15+/m0/s1. The summed E-state index contributed by atoms with van der Waals surface area (Å²) < 4.78 is 0. The highest BCUT2D eigenvalue weighted by atomic mass is 16.1. The zero-order valence-corrected chi connectivity index (χ0v) is 10.6. The van der Waals surface area contributed by atoms with Gasteiger partial charge >= 0.3 is 0 Å². The summed E-state index contributed by atoms with van der Waals surface area (Å²) in [6, 6.07) is 0. The van der Waals surface area contributed by atoms with Gasteiger partial charge in [0.15, 0.2) is 0 Å². The summed E-state index contributed by atoms with van der Waals surface area (Å²) in [6.45, 7) is 7.41. The van der Waals surface area contributed by atoms with Gasteiger partial charge in [-0.05, 0) is 59.7 Å². The van der Waals surface area contributed by atoms with Gasteiger partial charge in [0.2, 0.25) is 0 Å². The highest BCUT2D eigenvalue weighted by molar-refractivity contribution is 5.62. The van der Waals surface area contributed by atoms with Crippen LogP contribution in [0, 0.1) is 39.9 Å². The lowest BCUT2D eigenvalue weighted by Crippen LogP contribution is -2.42. The smallest absolute Gasteiger partial charge is 0.123 e. The summed E-state index contributed by atoms with van der Waals surface area (Å²) >= 11 is 0. The third kappa shape index (κ3) is 0.577. The molecular weight excluding hydrogens is 196 g/mol. The van der Waals surface area contributed by atoms with Gasteiger partial charge in [-0.1, -0.05) is 20.8 Å². The fourth-order valence-electron chi connectivity index (χ4n) is 7.34. The van der Waals surface area contributed by atoms with Gasteiger partial charge < -0.3 is 4.79 Å². The average molecular weight is 218 g/mol. The van der Waals surface area contributed by atoms with Crippen molar-refractivity contribution in [3.8, 4) is 0 Å². The quantitative estimate of drug-likeness (QED) is 0.617. The van der Waals surface area contributed by atoms with E-state index in [4.69, 9.17) is 0 Å². The molecule has 0 bridgehead atoms. The second-order valence-electron chi connectivity index (χ2n) is 7.44. The molecule has 1 nitrogen and oxygen atoms in total. The maximum absolute atomic E-state index is 11.6. The first-order valence-electron chi connectivity index (χ1n) is 6.99. The van der Waals surface area contributed by atoms with Gasteiger partial charge in [-0.3, -0.25) is 0 Å². The average Bonchev–Trinajstić information content (AvgIpc) is 2.52. The first-order valence-corrected chi connectivity index (χ1v) is 6.99. The van der Waals surface area contributed by atoms with Crippen molar-refractivity contribution < 1.29 is 4.79 Å². The first kappa shape index (κ1) is 9.67. The van der Waals surface area contributed by atoms with E-state index in [1.54, 1.807) is 0 Å². The Morgan fingerprint density at radius 2 is 1.94 bits per heavy atom. The number of rotatable bonds is 1. The van der Waals surface area contributed by atoms with Gasteiger partial charge in [0.05, 0.1) is 0 Å². The summed E-state index contributed by atoms with van der Waals surface area (Å²) in [5, 5.41) is 0. The fraction of sp³-hybridized carbons (Fsp3) is 0.933. The number of carbonyl (C=O) groups is 1. The van der Waals surface area contributed by atoms with Crippen molar-refractivity contribution in [3.63, 3.8) is 0 Å². The maximum Gasteiger partial charge on any atom is 0.123 e. The summed E-state index contributed by atoms with van der Waals surface area (Å²) in [4.78, 5) is 11.6. The third-order valence-corrected chi connectivity index (χ3v) is 7.82. The summed E-state index contributed by atoms with van der Waals surface area (Å²) in [5.74, 6) is 2.89. The first-order chi connectivity index (χ1) is 7.54. The molecule has 16 heavy (non-hydrogen) atoms. The van der Waals surface area contributed by atoms with Crippen molar-refractivity contribution in [2.75, 3.05) is 0 Å². The molecule has 1 heteroatoms. The number of fused-ring (bicyclic) bond motifs is 1. The van der Waals surface area contributed by atoms with Crippen LogP contribution in [0.5, 0.6) is 0 Å². The zero-order valence-electron chi connectivity index (χ0n) is 10.6. The van der Waals surface area contributed by atoms with E-state index in [2.05, 4.69) is 20.8 Å². The normalized spacial score (nSPS) is 70.2. The number of hydrogen-bond acceptors (Lipinski definition) is 1. The summed E-state index contributed by atoms with van der Waals surface area (Å²) in [7, 11) is 0. The predicted octanol–water partition coefficient (Wildman–Crippen LogP) is 3.28. The lowest BCUT2D eigenvalue weighted by molar-refractivity contribution is -0.116. The monoisotopic (exact) mass is 218 g/mol. The molecule has 4 aliphatic rings. The molecule has 1 spiro atoms. The van der Waals surface area contributed by atoms with E-state index < -0.39 is 0 Å². The highest BCUT2D eigenvalue weighted by Crippen LogP contribution is 2.93. The Balaban J connectivity index is 1.97. The van der Waals surface area contributed by atoms with Crippen LogP contribution in [0.15, 0.2) is 0 Å². The van der Waals surface area contributed by atoms with Gasteiger partial charge in [0, 0.05) is 5.92 Å². The van der Waals surface area contributed by atoms with E-state index in [1.165, 1.54) is 32.0 Å². The Morgan fingerprint density at radius 1 is 1.19 bits per heavy atom. The van der Waals surface area contributed by atoms with Gasteiger partial charge in [0.25, 0.3) is 0 Å². The van der Waals surface area contributed by atoms with Crippen LogP contribution in [0.25, 0.3) is 0 Å². The zero-order chi connectivity index (χ0) is 11.3. The van der Waals surface area contributed by atoms with E-state index in [-0.39, 0.29) is 0 Å². The third-order valence-electron chi connectivity index (χ3n) is 7.82. The SMILES string of the molecule is C[C@H]1CC[C@]2(C)[C@H](C=O)[C@H]3[C@H]4CC[C@@]12[C@@]34C. The lowest BCUT2D eigenvalue weighted by Gasteiger charge is -2.46. The molecule has 4 rings (SSSR count). The van der Waals surface area contributed by atoms with E-state index in [0.717, 1.165) is 17.8 Å². The Labute approximate surface area is 98.0 Å². The van der Waals surface area contributed by atoms with Crippen LogP contribution >= 0.6 is 0 Å². The molecule has 4 aliphatic carbocycles. The van der Waals surface area contributed by atoms with Crippen molar-refractivity contribution in [1.29, 1.82) is 0 Å². The molecule has 7 atom stereocenters. The predicted molar refractivity (Wildman–Crippen MR) is 62.8 cm³/mol. The Morgan fingerprint density at radius 3 is 2.62 bits per heavy atom. The topological polar surface area (TPSA) is 17.1 Å². The molecule has 0 saturated heterocycles. The van der Waals surface area contributed by atoms with Gasteiger partial charge in [-0.25, -0.2) is 0 Å². The Kier molecular flexibility index (Phi) is 1.38. The van der Waals surface area contributed by atoms with Crippen molar-refractivity contribution >= 4 is 6.29 Å². The number of hydrogen-bond donors (Lipinski definition) is 0. The molecule has 0 amide bonds. The van der Waals surface area contributed by atoms with Gasteiger partial charge in [-0.15, -0.1) is 0 Å². The van der Waals surface area contributed by atoms with Gasteiger partial charge in [0.1, 0.15) is 6.29 Å². The van der Waals surface area contributed by atoms with Crippen LogP contribution in [-0.4, -0.2) is 6.29 Å². The van der Waals surface area contributed by atoms with Crippen LogP contribution in [-0.2, 0) is 4.79 Å². The minimum Gasteiger partial charge on any atom is -0.303 e. The minimum atomic E-state index is 0.348. The van der Waals surface area contributed by atoms with E-state index in [0.29, 0.717) is 22.2 Å². The van der Waals surface area contributed by atoms with Crippen LogP contribution in [0.1, 0.15) is 46.5 Å². The molecule has 4 saturated carbocycles. The molecule has 0 aliphatic heterocycles. The van der Waals surface area contributed by atoms with Crippen molar-refractivity contribution in [1.82, 2.24) is 0 Å². The number of aldehydes is 1. The summed E-state index contributed by atoms with van der Waals surface area (Å²) in [5.41, 5.74) is 1.42. The molecule has 0 heterocycles. The molecule has 0 N–H and O–H groups in total. The second-order valence-corrected chi connectivity index (χ2v) is 7.44. The van der Waals surface area contributed by atoms with Crippen LogP contribution in [0.3, 0.4) is 0 Å². The Hall–Kier alpha value is -0.330. The van der Waals surface area contributed by atoms with Gasteiger partial charge in [-0.2, -0.15) is 0 Å². The van der Waals surface area contributed by atoms with Crippen LogP contribution < -0.4 is 0 Å². The largest absolute Gasteiger partial charge is 0.303 e. The molecule has 0 unspecified atom stereocenters. The van der Waals surface area contributed by atoms with Crippen molar-refractivity contribution in [3.05, 3.63) is 0 Å². The molecule has 0 aromatic heterocycles. The molecule has 0 aromatic rings. The molecule has 0 radical (unpaired) electrons. The summed E-state index contributed by atoms with van der Waals surface area (Å²) in [6.07, 6.45) is 6.80. The molecule has 88 valence electrons. The molecular formula is C15H22O. The highest BCUT2D eigenvalue weighted by Gasteiger charge is 2.88. The van der Waals surface area contributed by atoms with E-state index in [9.17, 15) is 4.79 Å². The van der Waals surface area contributed by atoms with E-state index in [1.807, 2.05) is 0 Å². The van der Waals surface area contributed by atoms with Crippen LogP contribution in [0.4, 0.5) is 0 Å². The minimum absolute atomic E-state index is 0.348. The Bertz CT molecular complexity index is 389. The van der Waals surface area contributed by atoms with E-state index >= 15 is 0 Å². The number of carbonyl (C=O) groups excluding carboxylic acids is 1. The fourth-order valence-corrected chi connectivity index (χ4v) is 7.34. The molecule has 4 fully saturated rings.